The first-order chi connectivity index (χ1) is 30.8. The molecule has 0 radical (unpaired) electrons. The van der Waals surface area contributed by atoms with E-state index < -0.39 is 0 Å². The molecule has 0 amide bonds. The lowest BCUT2D eigenvalue weighted by Crippen LogP contribution is -2.02. The van der Waals surface area contributed by atoms with Gasteiger partial charge in [0, 0.05) is 0 Å². The highest BCUT2D eigenvalue weighted by Crippen LogP contribution is 2.58. The van der Waals surface area contributed by atoms with Crippen LogP contribution in [0.25, 0.3) is 133 Å². The number of benzene rings is 11. The van der Waals surface area contributed by atoms with E-state index in [0.29, 0.717) is 0 Å². The standard InChI is InChI=1S/C62H38/c1-5-17-41(18-6-1)57-58(42-19-7-2-8-20-42)60(44-23-11-4-12-24-44)62(46-34-36-48-50-30-14-26-40-28-16-32-52(56(40)50)54(48)38-46)61(59(57)43-21-9-3-10-22-43)45-33-35-47-49-29-13-25-39-27-15-31-51(55(39)49)53(47)37-45/h1-38H. The Morgan fingerprint density at radius 1 is 0.161 bits per heavy atom. The van der Waals surface area contributed by atoms with Crippen molar-refractivity contribution in [2.75, 3.05) is 0 Å². The van der Waals surface area contributed by atoms with Crippen LogP contribution >= 0.6 is 0 Å². The maximum atomic E-state index is 2.49. The zero-order valence-corrected chi connectivity index (χ0v) is 33.9. The van der Waals surface area contributed by atoms with Crippen LogP contribution in [-0.4, -0.2) is 0 Å². The molecule has 0 spiro atoms. The molecule has 0 N–H and O–H groups in total. The molecule has 0 fully saturated rings. The van der Waals surface area contributed by atoms with Gasteiger partial charge in [-0.25, -0.2) is 0 Å². The molecule has 0 unspecified atom stereocenters. The number of fused-ring (bicyclic) bond motifs is 6. The van der Waals surface area contributed by atoms with Gasteiger partial charge in [-0.05, 0) is 145 Å². The number of hydrogen-bond donors (Lipinski definition) is 0. The van der Waals surface area contributed by atoms with E-state index >= 15 is 0 Å². The highest BCUT2D eigenvalue weighted by molar-refractivity contribution is 6.20. The van der Waals surface area contributed by atoms with Crippen LogP contribution in [0.15, 0.2) is 231 Å². The van der Waals surface area contributed by atoms with Gasteiger partial charge < -0.3 is 0 Å². The molecule has 11 aromatic rings. The van der Waals surface area contributed by atoms with Gasteiger partial charge in [0.2, 0.25) is 0 Å². The largest absolute Gasteiger partial charge is 0.0622 e. The maximum absolute atomic E-state index is 2.49. The van der Waals surface area contributed by atoms with Crippen LogP contribution in [0.5, 0.6) is 0 Å². The molecule has 2 aliphatic carbocycles. The Kier molecular flexibility index (Phi) is 7.71. The molecule has 62 heavy (non-hydrogen) atoms. The van der Waals surface area contributed by atoms with Gasteiger partial charge in [0.25, 0.3) is 0 Å². The highest BCUT2D eigenvalue weighted by Gasteiger charge is 2.31. The summed E-state index contributed by atoms with van der Waals surface area (Å²) in [6.45, 7) is 0. The first-order valence-electron chi connectivity index (χ1n) is 21.6. The van der Waals surface area contributed by atoms with Crippen LogP contribution in [0.3, 0.4) is 0 Å². The van der Waals surface area contributed by atoms with Crippen molar-refractivity contribution >= 4 is 21.5 Å². The topological polar surface area (TPSA) is 0 Å². The molecule has 11 aromatic carbocycles. The summed E-state index contributed by atoms with van der Waals surface area (Å²) in [4.78, 5) is 0. The fourth-order valence-corrected chi connectivity index (χ4v) is 10.8. The average molecular weight is 783 g/mol. The predicted octanol–water partition coefficient (Wildman–Crippen LogP) is 17.3. The van der Waals surface area contributed by atoms with Gasteiger partial charge in [-0.3, -0.25) is 0 Å². The van der Waals surface area contributed by atoms with Crippen molar-refractivity contribution in [3.63, 3.8) is 0 Å². The molecule has 0 saturated heterocycles. The van der Waals surface area contributed by atoms with Gasteiger partial charge in [-0.1, -0.05) is 218 Å². The van der Waals surface area contributed by atoms with Crippen molar-refractivity contribution < 1.29 is 0 Å². The second-order valence-electron chi connectivity index (χ2n) is 16.7. The molecule has 0 bridgehead atoms. The van der Waals surface area contributed by atoms with E-state index in [1.54, 1.807) is 0 Å². The minimum atomic E-state index is 1.18. The van der Waals surface area contributed by atoms with Gasteiger partial charge >= 0.3 is 0 Å². The van der Waals surface area contributed by atoms with Gasteiger partial charge in [-0.2, -0.15) is 0 Å². The summed E-state index contributed by atoms with van der Waals surface area (Å²) in [7, 11) is 0. The van der Waals surface area contributed by atoms with Gasteiger partial charge in [0.1, 0.15) is 0 Å². The molecule has 0 aliphatic heterocycles. The Bertz CT molecular complexity index is 3330. The summed E-state index contributed by atoms with van der Waals surface area (Å²) in [6, 6.07) is 85.9. The monoisotopic (exact) mass is 782 g/mol. The summed E-state index contributed by atoms with van der Waals surface area (Å²) in [6.07, 6.45) is 0. The van der Waals surface area contributed by atoms with Crippen molar-refractivity contribution in [1.29, 1.82) is 0 Å². The van der Waals surface area contributed by atoms with Gasteiger partial charge in [-0.15, -0.1) is 0 Å². The summed E-state index contributed by atoms with van der Waals surface area (Å²) in [5.74, 6) is 0. The fourth-order valence-electron chi connectivity index (χ4n) is 10.8. The zero-order chi connectivity index (χ0) is 40.7. The molecule has 0 nitrogen and oxygen atoms in total. The molecule has 286 valence electrons. The van der Waals surface area contributed by atoms with Crippen molar-refractivity contribution in [1.82, 2.24) is 0 Å². The van der Waals surface area contributed by atoms with Crippen LogP contribution < -0.4 is 0 Å². The fraction of sp³-hybridized carbons (Fsp3) is 0. The Hall–Kier alpha value is -8.06. The van der Waals surface area contributed by atoms with Gasteiger partial charge in [0.05, 0.1) is 0 Å². The minimum Gasteiger partial charge on any atom is -0.0622 e. The molecule has 0 atom stereocenters. The molecule has 13 rings (SSSR count). The van der Waals surface area contributed by atoms with Crippen LogP contribution in [0.2, 0.25) is 0 Å². The van der Waals surface area contributed by atoms with E-state index in [4.69, 9.17) is 0 Å². The molecule has 2 aliphatic rings. The van der Waals surface area contributed by atoms with Crippen LogP contribution in [0, 0.1) is 0 Å². The zero-order valence-electron chi connectivity index (χ0n) is 33.9. The molecular formula is C62H38. The first kappa shape index (κ1) is 34.8. The van der Waals surface area contributed by atoms with E-state index in [1.165, 1.54) is 133 Å². The summed E-state index contributed by atoms with van der Waals surface area (Å²) < 4.78 is 0. The summed E-state index contributed by atoms with van der Waals surface area (Å²) in [5, 5.41) is 5.24. The number of rotatable bonds is 6. The maximum Gasteiger partial charge on any atom is -0.00136 e. The molecule has 0 aromatic heterocycles. The first-order valence-corrected chi connectivity index (χ1v) is 21.6. The smallest absolute Gasteiger partial charge is 0.00136 e. The van der Waals surface area contributed by atoms with Crippen LogP contribution in [0.4, 0.5) is 0 Å². The Morgan fingerprint density at radius 2 is 0.435 bits per heavy atom. The second kappa shape index (κ2) is 13.7. The Labute approximate surface area is 361 Å². The number of hydrogen-bond acceptors (Lipinski definition) is 0. The Morgan fingerprint density at radius 3 is 0.742 bits per heavy atom. The van der Waals surface area contributed by atoms with E-state index in [9.17, 15) is 0 Å². The molecule has 0 saturated carbocycles. The van der Waals surface area contributed by atoms with E-state index in [0.717, 1.165) is 0 Å². The third kappa shape index (κ3) is 5.14. The van der Waals surface area contributed by atoms with E-state index in [2.05, 4.69) is 231 Å². The highest BCUT2D eigenvalue weighted by atomic mass is 14.3. The molecule has 0 heterocycles. The van der Waals surface area contributed by atoms with Crippen molar-refractivity contribution in [3.8, 4) is 111 Å². The third-order valence-corrected chi connectivity index (χ3v) is 13.3. The average Bonchev–Trinajstić information content (AvgIpc) is 3.85. The van der Waals surface area contributed by atoms with Gasteiger partial charge in [0.15, 0.2) is 0 Å². The SMILES string of the molecule is c1ccc(-c2c(-c3ccccc3)c(-c3ccccc3)c(-c3ccc4c(c3)-c3cccc5cccc-4c35)c(-c3ccc4c(c3)-c3cccc5cccc-4c35)c2-c2ccccc2)cc1. The lowest BCUT2D eigenvalue weighted by atomic mass is 9.73. The van der Waals surface area contributed by atoms with Crippen LogP contribution in [0.1, 0.15) is 0 Å². The van der Waals surface area contributed by atoms with Crippen molar-refractivity contribution in [2.45, 2.75) is 0 Å². The molecular weight excluding hydrogens is 745 g/mol. The predicted molar refractivity (Wildman–Crippen MR) is 263 cm³/mol. The lowest BCUT2D eigenvalue weighted by molar-refractivity contribution is 1.51. The van der Waals surface area contributed by atoms with E-state index in [-0.39, 0.29) is 0 Å². The quantitative estimate of drug-likeness (QED) is 0.158. The second-order valence-corrected chi connectivity index (χ2v) is 16.7. The van der Waals surface area contributed by atoms with Crippen molar-refractivity contribution in [3.05, 3.63) is 231 Å². The van der Waals surface area contributed by atoms with E-state index in [1.807, 2.05) is 0 Å². The summed E-state index contributed by atoms with van der Waals surface area (Å²) >= 11 is 0. The Balaban J connectivity index is 1.24. The van der Waals surface area contributed by atoms with Crippen molar-refractivity contribution in [2.24, 2.45) is 0 Å². The lowest BCUT2D eigenvalue weighted by Gasteiger charge is -2.29. The third-order valence-electron chi connectivity index (χ3n) is 13.3. The summed E-state index contributed by atoms with van der Waals surface area (Å²) in [5.41, 5.74) is 24.9. The normalized spacial score (nSPS) is 11.9. The molecule has 0 heteroatoms. The van der Waals surface area contributed by atoms with Crippen LogP contribution in [-0.2, 0) is 0 Å². The minimum absolute atomic E-state index is 1.18.